The molecule has 0 radical (unpaired) electrons. The van der Waals surface area contributed by atoms with Crippen molar-refractivity contribution in [2.45, 2.75) is 39.3 Å². The molecule has 0 aromatic rings. The van der Waals surface area contributed by atoms with Crippen molar-refractivity contribution in [1.82, 2.24) is 0 Å². The Morgan fingerprint density at radius 1 is 1.41 bits per heavy atom. The summed E-state index contributed by atoms with van der Waals surface area (Å²) in [6, 6.07) is 0. The molecule has 2 atom stereocenters. The molecule has 0 bridgehead atoms. The molecular formula is C16H21F. The van der Waals surface area contributed by atoms with Crippen molar-refractivity contribution in [3.05, 3.63) is 47.6 Å². The summed E-state index contributed by atoms with van der Waals surface area (Å²) in [7, 11) is 0. The maximum atomic E-state index is 13.9. The van der Waals surface area contributed by atoms with Crippen molar-refractivity contribution in [2.24, 2.45) is 11.8 Å². The average Bonchev–Trinajstić information content (AvgIpc) is 2.30. The van der Waals surface area contributed by atoms with Crippen molar-refractivity contribution in [1.29, 1.82) is 0 Å². The highest BCUT2D eigenvalue weighted by atomic mass is 19.1. The molecule has 0 spiro atoms. The Morgan fingerprint density at radius 2 is 2.18 bits per heavy atom. The number of rotatable bonds is 3. The van der Waals surface area contributed by atoms with E-state index in [0.717, 1.165) is 18.4 Å². The van der Waals surface area contributed by atoms with Crippen LogP contribution in [0.4, 0.5) is 4.39 Å². The lowest BCUT2D eigenvalue weighted by atomic mass is 9.78. The summed E-state index contributed by atoms with van der Waals surface area (Å²) >= 11 is 0. The van der Waals surface area contributed by atoms with Crippen LogP contribution < -0.4 is 0 Å². The van der Waals surface area contributed by atoms with E-state index in [1.54, 1.807) is 0 Å². The number of alkyl halides is 1. The van der Waals surface area contributed by atoms with Gasteiger partial charge in [-0.25, -0.2) is 4.39 Å². The van der Waals surface area contributed by atoms with Gasteiger partial charge in [-0.05, 0) is 29.9 Å². The summed E-state index contributed by atoms with van der Waals surface area (Å²) in [5, 5.41) is 0. The van der Waals surface area contributed by atoms with E-state index < -0.39 is 6.17 Å². The van der Waals surface area contributed by atoms with Gasteiger partial charge < -0.3 is 0 Å². The molecule has 1 heteroatoms. The molecule has 0 N–H and O–H groups in total. The zero-order chi connectivity index (χ0) is 12.4. The molecule has 2 rings (SSSR count). The largest absolute Gasteiger partial charge is 0.242 e. The molecule has 17 heavy (non-hydrogen) atoms. The predicted octanol–water partition coefficient (Wildman–Crippen LogP) is 4.76. The SMILES string of the molecule is C=CC(C1=CC2=C(C=CCC2F)CC1)C(C)C. The minimum atomic E-state index is -0.803. The summed E-state index contributed by atoms with van der Waals surface area (Å²) in [5.41, 5.74) is 3.46. The quantitative estimate of drug-likeness (QED) is 0.615. The first-order valence-corrected chi connectivity index (χ1v) is 6.50. The van der Waals surface area contributed by atoms with Crippen LogP contribution in [0.15, 0.2) is 47.6 Å². The molecule has 0 heterocycles. The van der Waals surface area contributed by atoms with Gasteiger partial charge in [-0.2, -0.15) is 0 Å². The van der Waals surface area contributed by atoms with E-state index in [2.05, 4.69) is 32.6 Å². The summed E-state index contributed by atoms with van der Waals surface area (Å²) in [6.07, 6.45) is 9.91. The fourth-order valence-electron chi connectivity index (χ4n) is 2.83. The lowest BCUT2D eigenvalue weighted by Gasteiger charge is -2.28. The molecule has 0 aromatic heterocycles. The number of allylic oxidation sites excluding steroid dienone is 7. The first-order valence-electron chi connectivity index (χ1n) is 6.50. The number of halogens is 1. The topological polar surface area (TPSA) is 0 Å². The van der Waals surface area contributed by atoms with Crippen LogP contribution in [0.1, 0.15) is 33.1 Å². The maximum absolute atomic E-state index is 13.9. The van der Waals surface area contributed by atoms with Gasteiger partial charge in [0.15, 0.2) is 0 Å². The van der Waals surface area contributed by atoms with Gasteiger partial charge in [0, 0.05) is 12.3 Å². The Hall–Kier alpha value is -1.11. The third-order valence-electron chi connectivity index (χ3n) is 3.79. The number of hydrogen-bond donors (Lipinski definition) is 0. The highest BCUT2D eigenvalue weighted by Crippen LogP contribution is 2.37. The standard InChI is InChI=1S/C16H21F/c1-4-14(11(2)3)13-9-8-12-6-5-7-16(17)15(12)10-13/h4-6,10-11,14,16H,1,7-9H2,2-3H3. The minimum absolute atomic E-state index is 0.391. The molecule has 2 unspecified atom stereocenters. The van der Waals surface area contributed by atoms with E-state index in [-0.39, 0.29) is 0 Å². The summed E-state index contributed by atoms with van der Waals surface area (Å²) in [5.74, 6) is 0.931. The van der Waals surface area contributed by atoms with Gasteiger partial charge in [-0.15, -0.1) is 6.58 Å². The van der Waals surface area contributed by atoms with Gasteiger partial charge in [0.1, 0.15) is 6.17 Å². The average molecular weight is 232 g/mol. The first kappa shape index (κ1) is 12.3. The Balaban J connectivity index is 2.30. The van der Waals surface area contributed by atoms with Gasteiger partial charge in [0.05, 0.1) is 0 Å². The van der Waals surface area contributed by atoms with Crippen molar-refractivity contribution in [2.75, 3.05) is 0 Å². The van der Waals surface area contributed by atoms with Crippen LogP contribution >= 0.6 is 0 Å². The second-order valence-electron chi connectivity index (χ2n) is 5.31. The Morgan fingerprint density at radius 3 is 2.82 bits per heavy atom. The van der Waals surface area contributed by atoms with Gasteiger partial charge >= 0.3 is 0 Å². The zero-order valence-corrected chi connectivity index (χ0v) is 10.7. The third kappa shape index (κ3) is 2.43. The Kier molecular flexibility index (Phi) is 3.66. The van der Waals surface area contributed by atoms with Gasteiger partial charge in [0.25, 0.3) is 0 Å². The maximum Gasteiger partial charge on any atom is 0.129 e. The summed E-state index contributed by atoms with van der Waals surface area (Å²) < 4.78 is 13.9. The van der Waals surface area contributed by atoms with Gasteiger partial charge in [-0.3, -0.25) is 0 Å². The van der Waals surface area contributed by atoms with Crippen LogP contribution in [0.3, 0.4) is 0 Å². The fraction of sp³-hybridized carbons (Fsp3) is 0.500. The summed E-state index contributed by atoms with van der Waals surface area (Å²) in [4.78, 5) is 0. The van der Waals surface area contributed by atoms with Gasteiger partial charge in [-0.1, -0.05) is 43.7 Å². The van der Waals surface area contributed by atoms with Crippen LogP contribution in [-0.2, 0) is 0 Å². The molecule has 2 aliphatic carbocycles. The molecule has 0 aliphatic heterocycles. The van der Waals surface area contributed by atoms with E-state index in [9.17, 15) is 4.39 Å². The van der Waals surface area contributed by atoms with E-state index in [0.29, 0.717) is 18.3 Å². The third-order valence-corrected chi connectivity index (χ3v) is 3.79. The van der Waals surface area contributed by atoms with Crippen molar-refractivity contribution in [3.63, 3.8) is 0 Å². The van der Waals surface area contributed by atoms with E-state index in [1.807, 2.05) is 12.2 Å². The minimum Gasteiger partial charge on any atom is -0.242 e. The molecule has 0 amide bonds. The second kappa shape index (κ2) is 5.03. The smallest absolute Gasteiger partial charge is 0.129 e. The first-order chi connectivity index (χ1) is 8.13. The second-order valence-corrected chi connectivity index (χ2v) is 5.31. The van der Waals surface area contributed by atoms with E-state index >= 15 is 0 Å². The van der Waals surface area contributed by atoms with Crippen LogP contribution in [0.25, 0.3) is 0 Å². The summed E-state index contributed by atoms with van der Waals surface area (Å²) in [6.45, 7) is 8.31. The number of hydrogen-bond acceptors (Lipinski definition) is 0. The predicted molar refractivity (Wildman–Crippen MR) is 71.5 cm³/mol. The molecule has 0 saturated carbocycles. The Bertz CT molecular complexity index is 396. The fourth-order valence-corrected chi connectivity index (χ4v) is 2.83. The highest BCUT2D eigenvalue weighted by molar-refractivity contribution is 5.45. The van der Waals surface area contributed by atoms with Crippen molar-refractivity contribution >= 4 is 0 Å². The molecule has 2 aliphatic rings. The van der Waals surface area contributed by atoms with Crippen LogP contribution in [-0.4, -0.2) is 6.17 Å². The van der Waals surface area contributed by atoms with E-state index in [4.69, 9.17) is 0 Å². The molecular weight excluding hydrogens is 211 g/mol. The lowest BCUT2D eigenvalue weighted by Crippen LogP contribution is -2.16. The van der Waals surface area contributed by atoms with Crippen LogP contribution in [0.5, 0.6) is 0 Å². The van der Waals surface area contributed by atoms with Crippen LogP contribution in [0.2, 0.25) is 0 Å². The van der Waals surface area contributed by atoms with E-state index in [1.165, 1.54) is 11.1 Å². The molecule has 92 valence electrons. The molecule has 0 nitrogen and oxygen atoms in total. The van der Waals surface area contributed by atoms with Crippen molar-refractivity contribution in [3.8, 4) is 0 Å². The van der Waals surface area contributed by atoms with Crippen LogP contribution in [0, 0.1) is 11.8 Å². The Labute approximate surface area is 104 Å². The van der Waals surface area contributed by atoms with Gasteiger partial charge in [0.2, 0.25) is 0 Å². The molecule has 0 aromatic carbocycles. The molecule has 0 fully saturated rings. The molecule has 0 saturated heterocycles. The van der Waals surface area contributed by atoms with Crippen molar-refractivity contribution < 1.29 is 4.39 Å². The highest BCUT2D eigenvalue weighted by Gasteiger charge is 2.24. The zero-order valence-electron chi connectivity index (χ0n) is 10.7. The monoisotopic (exact) mass is 232 g/mol. The lowest BCUT2D eigenvalue weighted by molar-refractivity contribution is 0.382. The normalized spacial score (nSPS) is 25.6.